The summed E-state index contributed by atoms with van der Waals surface area (Å²) in [6.45, 7) is 15.1. The van der Waals surface area contributed by atoms with Crippen LogP contribution in [-0.2, 0) is 0 Å². The van der Waals surface area contributed by atoms with Gasteiger partial charge in [-0.1, -0.05) is 63.8 Å². The summed E-state index contributed by atoms with van der Waals surface area (Å²) in [6.07, 6.45) is 4.20. The van der Waals surface area contributed by atoms with E-state index >= 15 is 0 Å². The average molecular weight is 235 g/mol. The zero-order chi connectivity index (χ0) is 10.7. The molecule has 0 aromatic rings. The monoisotopic (exact) mass is 235 g/mol. The SMILES string of the molecule is C.C.C.CC.CC.CCC1CCCN1CC. The van der Waals surface area contributed by atoms with Crippen LogP contribution in [0.4, 0.5) is 0 Å². The van der Waals surface area contributed by atoms with Crippen LogP contribution in [0.1, 0.15) is 83.1 Å². The molecule has 0 spiro atoms. The molecule has 1 atom stereocenters. The van der Waals surface area contributed by atoms with Crippen LogP contribution in [0.2, 0.25) is 0 Å². The van der Waals surface area contributed by atoms with E-state index in [9.17, 15) is 0 Å². The van der Waals surface area contributed by atoms with Crippen LogP contribution < -0.4 is 0 Å². The number of nitrogens with zero attached hydrogens (tertiary/aromatic N) is 1. The van der Waals surface area contributed by atoms with Gasteiger partial charge in [0.1, 0.15) is 0 Å². The second-order valence-corrected chi connectivity index (χ2v) is 2.83. The summed E-state index contributed by atoms with van der Waals surface area (Å²) in [6, 6.07) is 0.912. The Balaban J connectivity index is -0.0000000524. The largest absolute Gasteiger partial charge is 0.301 e. The lowest BCUT2D eigenvalue weighted by atomic mass is 10.2. The van der Waals surface area contributed by atoms with Crippen molar-refractivity contribution in [1.82, 2.24) is 4.90 Å². The maximum Gasteiger partial charge on any atom is 0.00929 e. The lowest BCUT2D eigenvalue weighted by molar-refractivity contribution is 0.262. The molecule has 1 rings (SSSR count). The standard InChI is InChI=1S/C8H17N.2C2H6.3CH4/c1-3-8-6-5-7-9(8)4-2;2*1-2;;;/h8H,3-7H2,1-2H3;2*1-2H3;3*1H4. The lowest BCUT2D eigenvalue weighted by Gasteiger charge is -2.20. The normalized spacial score (nSPS) is 17.2. The van der Waals surface area contributed by atoms with Gasteiger partial charge in [-0.05, 0) is 32.4 Å². The lowest BCUT2D eigenvalue weighted by Crippen LogP contribution is -2.28. The van der Waals surface area contributed by atoms with Crippen molar-refractivity contribution >= 4 is 0 Å². The summed E-state index contributed by atoms with van der Waals surface area (Å²) in [5, 5.41) is 0. The first-order chi connectivity index (χ1) is 6.38. The molecule has 0 N–H and O–H groups in total. The van der Waals surface area contributed by atoms with E-state index in [4.69, 9.17) is 0 Å². The Morgan fingerprint density at radius 3 is 1.62 bits per heavy atom. The van der Waals surface area contributed by atoms with Gasteiger partial charge in [0.25, 0.3) is 0 Å². The molecule has 0 aromatic heterocycles. The van der Waals surface area contributed by atoms with Crippen LogP contribution in [0, 0.1) is 0 Å². The van der Waals surface area contributed by atoms with Gasteiger partial charge < -0.3 is 4.90 Å². The van der Waals surface area contributed by atoms with Crippen molar-refractivity contribution in [3.8, 4) is 0 Å². The van der Waals surface area contributed by atoms with E-state index in [0.29, 0.717) is 0 Å². The molecule has 1 heteroatoms. The minimum absolute atomic E-state index is 0. The number of hydrogen-bond acceptors (Lipinski definition) is 1. The fraction of sp³-hybridized carbons (Fsp3) is 1.00. The fourth-order valence-corrected chi connectivity index (χ4v) is 1.77. The van der Waals surface area contributed by atoms with Crippen LogP contribution in [0.15, 0.2) is 0 Å². The van der Waals surface area contributed by atoms with Crippen molar-refractivity contribution in [2.75, 3.05) is 13.1 Å². The maximum absolute atomic E-state index is 2.58. The third kappa shape index (κ3) is 12.0. The van der Waals surface area contributed by atoms with Gasteiger partial charge in [-0.2, -0.15) is 0 Å². The summed E-state index contributed by atoms with van der Waals surface area (Å²) < 4.78 is 0. The minimum atomic E-state index is 0. The summed E-state index contributed by atoms with van der Waals surface area (Å²) in [7, 11) is 0. The number of hydrogen-bond donors (Lipinski definition) is 0. The molecule has 1 saturated heterocycles. The second kappa shape index (κ2) is 24.3. The van der Waals surface area contributed by atoms with Crippen molar-refractivity contribution in [1.29, 1.82) is 0 Å². The average Bonchev–Trinajstić information content (AvgIpc) is 2.70. The van der Waals surface area contributed by atoms with Crippen molar-refractivity contribution < 1.29 is 0 Å². The molecule has 1 fully saturated rings. The Hall–Kier alpha value is -0.0400. The van der Waals surface area contributed by atoms with E-state index in [1.165, 1.54) is 32.4 Å². The zero-order valence-electron chi connectivity index (χ0n) is 10.6. The molecular formula is C15H41N. The van der Waals surface area contributed by atoms with Crippen molar-refractivity contribution in [3.63, 3.8) is 0 Å². The smallest absolute Gasteiger partial charge is 0.00929 e. The highest BCUT2D eigenvalue weighted by Crippen LogP contribution is 2.18. The van der Waals surface area contributed by atoms with E-state index in [1.807, 2.05) is 27.7 Å². The predicted octanol–water partition coefficient (Wildman–Crippen LogP) is 5.84. The molecular weight excluding hydrogens is 194 g/mol. The quantitative estimate of drug-likeness (QED) is 0.581. The second-order valence-electron chi connectivity index (χ2n) is 2.83. The van der Waals surface area contributed by atoms with E-state index < -0.39 is 0 Å². The predicted molar refractivity (Wildman–Crippen MR) is 83.4 cm³/mol. The van der Waals surface area contributed by atoms with E-state index in [0.717, 1.165) is 6.04 Å². The molecule has 16 heavy (non-hydrogen) atoms. The summed E-state index contributed by atoms with van der Waals surface area (Å²) in [4.78, 5) is 2.58. The van der Waals surface area contributed by atoms with Crippen LogP contribution in [0.25, 0.3) is 0 Å². The highest BCUT2D eigenvalue weighted by molar-refractivity contribution is 4.76. The van der Waals surface area contributed by atoms with E-state index in [-0.39, 0.29) is 22.3 Å². The van der Waals surface area contributed by atoms with Gasteiger partial charge in [0.15, 0.2) is 0 Å². The number of likely N-dealkylation sites (tertiary alicyclic amines) is 1. The molecule has 0 aliphatic carbocycles. The summed E-state index contributed by atoms with van der Waals surface area (Å²) in [5.74, 6) is 0. The third-order valence-electron chi connectivity index (χ3n) is 2.38. The topological polar surface area (TPSA) is 3.24 Å². The number of rotatable bonds is 2. The molecule has 0 amide bonds. The first-order valence-electron chi connectivity index (χ1n) is 6.12. The first-order valence-corrected chi connectivity index (χ1v) is 6.12. The van der Waals surface area contributed by atoms with Crippen molar-refractivity contribution in [3.05, 3.63) is 0 Å². The van der Waals surface area contributed by atoms with Crippen LogP contribution in [0.3, 0.4) is 0 Å². The van der Waals surface area contributed by atoms with Gasteiger partial charge in [0.05, 0.1) is 0 Å². The molecule has 1 aliphatic rings. The van der Waals surface area contributed by atoms with Gasteiger partial charge in [-0.3, -0.25) is 0 Å². The maximum atomic E-state index is 2.58. The molecule has 0 radical (unpaired) electrons. The molecule has 0 aromatic carbocycles. The molecule has 1 nitrogen and oxygen atoms in total. The van der Waals surface area contributed by atoms with Gasteiger partial charge in [-0.25, -0.2) is 0 Å². The Bertz CT molecular complexity index is 71.5. The summed E-state index contributed by atoms with van der Waals surface area (Å²) >= 11 is 0. The third-order valence-corrected chi connectivity index (χ3v) is 2.38. The summed E-state index contributed by atoms with van der Waals surface area (Å²) in [5.41, 5.74) is 0. The van der Waals surface area contributed by atoms with Crippen LogP contribution in [-0.4, -0.2) is 24.0 Å². The Morgan fingerprint density at radius 2 is 1.38 bits per heavy atom. The van der Waals surface area contributed by atoms with Crippen molar-refractivity contribution in [2.24, 2.45) is 0 Å². The zero-order valence-corrected chi connectivity index (χ0v) is 10.6. The molecule has 1 unspecified atom stereocenters. The Kier molecular flexibility index (Phi) is 45.1. The fourth-order valence-electron chi connectivity index (χ4n) is 1.77. The van der Waals surface area contributed by atoms with Crippen LogP contribution >= 0.6 is 0 Å². The van der Waals surface area contributed by atoms with Gasteiger partial charge in [0.2, 0.25) is 0 Å². The molecule has 0 bridgehead atoms. The van der Waals surface area contributed by atoms with Crippen LogP contribution in [0.5, 0.6) is 0 Å². The van der Waals surface area contributed by atoms with Crippen molar-refractivity contribution in [2.45, 2.75) is 89.1 Å². The van der Waals surface area contributed by atoms with E-state index in [2.05, 4.69) is 18.7 Å². The van der Waals surface area contributed by atoms with Gasteiger partial charge >= 0.3 is 0 Å². The first kappa shape index (κ1) is 29.7. The molecule has 1 heterocycles. The highest BCUT2D eigenvalue weighted by atomic mass is 15.2. The van der Waals surface area contributed by atoms with E-state index in [1.54, 1.807) is 0 Å². The molecule has 1 aliphatic heterocycles. The molecule has 106 valence electrons. The minimum Gasteiger partial charge on any atom is -0.301 e. The Labute approximate surface area is 108 Å². The molecule has 0 saturated carbocycles. The highest BCUT2D eigenvalue weighted by Gasteiger charge is 2.20. The van der Waals surface area contributed by atoms with Gasteiger partial charge in [-0.15, -0.1) is 0 Å². The van der Waals surface area contributed by atoms with Gasteiger partial charge in [0, 0.05) is 6.04 Å². The Morgan fingerprint density at radius 1 is 0.938 bits per heavy atom.